The summed E-state index contributed by atoms with van der Waals surface area (Å²) in [6, 6.07) is 6.73. The molecule has 1 aliphatic carbocycles. The number of para-hydroxylation sites is 1. The van der Waals surface area contributed by atoms with Gasteiger partial charge in [-0.1, -0.05) is 32.4 Å². The van der Waals surface area contributed by atoms with E-state index in [1.807, 2.05) is 20.8 Å². The molecule has 2 rings (SSSR count). The van der Waals surface area contributed by atoms with Gasteiger partial charge in [-0.15, -0.1) is 24.0 Å². The molecule has 1 fully saturated rings. The van der Waals surface area contributed by atoms with E-state index in [0.29, 0.717) is 6.54 Å². The fraction of sp³-hybridized carbons (Fsp3) is 0.667. The van der Waals surface area contributed by atoms with Gasteiger partial charge in [-0.3, -0.25) is 4.21 Å². The first-order chi connectivity index (χ1) is 13.6. The highest BCUT2D eigenvalue weighted by atomic mass is 127. The lowest BCUT2D eigenvalue weighted by Gasteiger charge is -2.30. The quantitative estimate of drug-likeness (QED) is 0.280. The lowest BCUT2D eigenvalue weighted by molar-refractivity contribution is 0.196. The predicted octanol–water partition coefficient (Wildman–Crippen LogP) is 4.24. The molecule has 5 nitrogen and oxygen atoms in total. The Morgan fingerprint density at radius 1 is 1.31 bits per heavy atom. The minimum Gasteiger partial charge on any atom is -0.485 e. The lowest BCUT2D eigenvalue weighted by atomic mass is 9.95. The zero-order valence-electron chi connectivity index (χ0n) is 17.7. The Hall–Kier alpha value is -0.900. The maximum absolute atomic E-state index is 13.8. The van der Waals surface area contributed by atoms with Crippen LogP contribution < -0.4 is 15.4 Å². The summed E-state index contributed by atoms with van der Waals surface area (Å²) in [5, 5.41) is 7.04. The molecule has 0 saturated heterocycles. The predicted molar refractivity (Wildman–Crippen MR) is 130 cm³/mol. The van der Waals surface area contributed by atoms with Gasteiger partial charge in [0.25, 0.3) is 0 Å². The van der Waals surface area contributed by atoms with Gasteiger partial charge in [0.1, 0.15) is 6.10 Å². The number of ether oxygens (including phenoxy) is 1. The molecule has 1 aromatic rings. The van der Waals surface area contributed by atoms with E-state index in [4.69, 9.17) is 4.74 Å². The number of nitrogens with zero attached hydrogens (tertiary/aromatic N) is 1. The van der Waals surface area contributed by atoms with Crippen molar-refractivity contribution < 1.29 is 13.3 Å². The van der Waals surface area contributed by atoms with Crippen LogP contribution in [0.1, 0.15) is 52.9 Å². The van der Waals surface area contributed by atoms with Crippen LogP contribution in [-0.2, 0) is 10.8 Å². The summed E-state index contributed by atoms with van der Waals surface area (Å²) in [5.41, 5.74) is 0. The molecule has 166 valence electrons. The molecular formula is C21H35FIN3O2S. The zero-order chi connectivity index (χ0) is 20.4. The lowest BCUT2D eigenvalue weighted by Crippen LogP contribution is -2.47. The van der Waals surface area contributed by atoms with Crippen molar-refractivity contribution in [3.8, 4) is 5.75 Å². The molecule has 1 aliphatic rings. The SMILES string of the molecule is CCNC(=NCC(CC)Oc1ccccc1F)NC1CCCC(S(=O)CC)C1.I. The monoisotopic (exact) mass is 539 g/mol. The van der Waals surface area contributed by atoms with Crippen molar-refractivity contribution in [3.05, 3.63) is 30.1 Å². The zero-order valence-corrected chi connectivity index (χ0v) is 20.8. The van der Waals surface area contributed by atoms with E-state index >= 15 is 0 Å². The molecule has 0 aromatic heterocycles. The molecule has 0 spiro atoms. The van der Waals surface area contributed by atoms with Gasteiger partial charge in [-0.05, 0) is 44.7 Å². The smallest absolute Gasteiger partial charge is 0.191 e. The normalized spacial score (nSPS) is 21.6. The van der Waals surface area contributed by atoms with Crippen molar-refractivity contribution in [2.45, 2.75) is 70.3 Å². The second-order valence-electron chi connectivity index (χ2n) is 7.10. The third-order valence-corrected chi connectivity index (χ3v) is 6.75. The third kappa shape index (κ3) is 8.78. The Morgan fingerprint density at radius 3 is 2.72 bits per heavy atom. The van der Waals surface area contributed by atoms with Gasteiger partial charge < -0.3 is 15.4 Å². The molecule has 4 unspecified atom stereocenters. The summed E-state index contributed by atoms with van der Waals surface area (Å²) in [6.45, 7) is 7.22. The van der Waals surface area contributed by atoms with E-state index in [0.717, 1.165) is 50.4 Å². The maximum atomic E-state index is 13.8. The van der Waals surface area contributed by atoms with Crippen molar-refractivity contribution in [3.63, 3.8) is 0 Å². The highest BCUT2D eigenvalue weighted by Gasteiger charge is 2.26. The Balaban J connectivity index is 0.00000420. The summed E-state index contributed by atoms with van der Waals surface area (Å²) < 4.78 is 31.8. The van der Waals surface area contributed by atoms with Gasteiger partial charge >= 0.3 is 0 Å². The largest absolute Gasteiger partial charge is 0.485 e. The first-order valence-corrected chi connectivity index (χ1v) is 11.8. The summed E-state index contributed by atoms with van der Waals surface area (Å²) >= 11 is 0. The number of guanidine groups is 1. The molecule has 4 atom stereocenters. The van der Waals surface area contributed by atoms with Gasteiger partial charge in [-0.2, -0.15) is 0 Å². The molecule has 0 aliphatic heterocycles. The number of benzene rings is 1. The summed E-state index contributed by atoms with van der Waals surface area (Å²) in [7, 11) is -0.746. The second-order valence-corrected chi connectivity index (χ2v) is 9.10. The molecule has 2 N–H and O–H groups in total. The number of aliphatic imine (C=N–C) groups is 1. The number of hydrogen-bond acceptors (Lipinski definition) is 3. The number of hydrogen-bond donors (Lipinski definition) is 2. The topological polar surface area (TPSA) is 62.7 Å². The van der Waals surface area contributed by atoms with Crippen LogP contribution in [0, 0.1) is 5.82 Å². The second kappa shape index (κ2) is 14.2. The van der Waals surface area contributed by atoms with Crippen LogP contribution in [0.15, 0.2) is 29.3 Å². The van der Waals surface area contributed by atoms with Crippen LogP contribution in [0.3, 0.4) is 0 Å². The first-order valence-electron chi connectivity index (χ1n) is 10.4. The van der Waals surface area contributed by atoms with E-state index < -0.39 is 10.8 Å². The number of halogens is 2. The summed E-state index contributed by atoms with van der Waals surface area (Å²) in [6.07, 6.45) is 4.64. The Labute approximate surface area is 194 Å². The fourth-order valence-electron chi connectivity index (χ4n) is 3.43. The van der Waals surface area contributed by atoms with Crippen LogP contribution >= 0.6 is 24.0 Å². The Kier molecular flexibility index (Phi) is 12.8. The maximum Gasteiger partial charge on any atom is 0.191 e. The van der Waals surface area contributed by atoms with Crippen molar-refractivity contribution in [2.75, 3.05) is 18.8 Å². The third-order valence-electron chi connectivity index (χ3n) is 5.01. The minimum absolute atomic E-state index is 0. The van der Waals surface area contributed by atoms with E-state index in [1.54, 1.807) is 18.2 Å². The Morgan fingerprint density at radius 2 is 2.07 bits per heavy atom. The standard InChI is InChI=1S/C21H34FN3O2S.HI/c1-4-17(27-20-13-8-7-12-19(20)22)15-24-21(23-5-2)25-16-10-9-11-18(14-16)28(26)6-3;/h7-8,12-13,16-18H,4-6,9-11,14-15H2,1-3H3,(H2,23,24,25);1H. The van der Waals surface area contributed by atoms with Crippen molar-refractivity contribution in [1.29, 1.82) is 0 Å². The van der Waals surface area contributed by atoms with Crippen LogP contribution in [0.2, 0.25) is 0 Å². The molecule has 0 heterocycles. The van der Waals surface area contributed by atoms with Gasteiger partial charge in [0.05, 0.1) is 6.54 Å². The van der Waals surface area contributed by atoms with Crippen LogP contribution in [0.5, 0.6) is 5.75 Å². The molecule has 0 amide bonds. The van der Waals surface area contributed by atoms with E-state index in [2.05, 4.69) is 15.6 Å². The van der Waals surface area contributed by atoms with Gasteiger partial charge in [0.2, 0.25) is 0 Å². The van der Waals surface area contributed by atoms with Gasteiger partial charge in [-0.25, -0.2) is 9.38 Å². The summed E-state index contributed by atoms with van der Waals surface area (Å²) in [5.74, 6) is 1.37. The highest BCUT2D eigenvalue weighted by Crippen LogP contribution is 2.23. The molecule has 0 bridgehead atoms. The highest BCUT2D eigenvalue weighted by molar-refractivity contribution is 14.0. The van der Waals surface area contributed by atoms with Gasteiger partial charge in [0, 0.05) is 34.4 Å². The van der Waals surface area contributed by atoms with Crippen LogP contribution in [0.25, 0.3) is 0 Å². The number of rotatable bonds is 9. The molecular weight excluding hydrogens is 504 g/mol. The fourth-order valence-corrected chi connectivity index (χ4v) is 4.77. The minimum atomic E-state index is -0.746. The molecule has 29 heavy (non-hydrogen) atoms. The molecule has 1 aromatic carbocycles. The van der Waals surface area contributed by atoms with Crippen LogP contribution in [0.4, 0.5) is 4.39 Å². The summed E-state index contributed by atoms with van der Waals surface area (Å²) in [4.78, 5) is 4.67. The molecule has 0 radical (unpaired) electrons. The van der Waals surface area contributed by atoms with Crippen LogP contribution in [-0.4, -0.2) is 46.4 Å². The molecule has 8 heteroatoms. The van der Waals surface area contributed by atoms with Gasteiger partial charge in [0.15, 0.2) is 17.5 Å². The molecule has 1 saturated carbocycles. The van der Waals surface area contributed by atoms with Crippen molar-refractivity contribution >= 4 is 40.7 Å². The average molecular weight is 539 g/mol. The Bertz CT molecular complexity index is 663. The van der Waals surface area contributed by atoms with Crippen molar-refractivity contribution in [2.24, 2.45) is 4.99 Å². The van der Waals surface area contributed by atoms with E-state index in [-0.39, 0.29) is 52.9 Å². The van der Waals surface area contributed by atoms with E-state index in [9.17, 15) is 8.60 Å². The average Bonchev–Trinajstić information content (AvgIpc) is 2.72. The first kappa shape index (κ1) is 26.1. The number of nitrogens with one attached hydrogen (secondary N) is 2. The van der Waals surface area contributed by atoms with E-state index in [1.165, 1.54) is 6.07 Å². The van der Waals surface area contributed by atoms with Crippen molar-refractivity contribution in [1.82, 2.24) is 10.6 Å².